The zero-order chi connectivity index (χ0) is 15.1. The van der Waals surface area contributed by atoms with Crippen molar-refractivity contribution < 1.29 is 9.18 Å². The molecule has 3 nitrogen and oxygen atoms in total. The molecule has 0 bridgehead atoms. The molecule has 21 heavy (non-hydrogen) atoms. The van der Waals surface area contributed by atoms with Crippen molar-refractivity contribution >= 4 is 33.0 Å². The molecule has 0 radical (unpaired) electrons. The van der Waals surface area contributed by atoms with E-state index in [9.17, 15) is 9.18 Å². The number of amides is 1. The number of halogens is 1. The maximum atomic E-state index is 13.3. The Morgan fingerprint density at radius 1 is 1.38 bits per heavy atom. The van der Waals surface area contributed by atoms with Crippen LogP contribution in [0.15, 0.2) is 18.2 Å². The minimum Gasteiger partial charge on any atom is -0.397 e. The number of carbonyl (C=O) groups excluding carboxylic acids is 1. The van der Waals surface area contributed by atoms with Gasteiger partial charge in [0.05, 0.1) is 5.69 Å². The number of hydrogen-bond acceptors (Lipinski definition) is 3. The molecule has 1 heterocycles. The summed E-state index contributed by atoms with van der Waals surface area (Å²) in [5, 5.41) is 3.71. The molecule has 2 aromatic rings. The first kappa shape index (κ1) is 14.3. The molecule has 3 unspecified atom stereocenters. The van der Waals surface area contributed by atoms with Crippen LogP contribution in [0.25, 0.3) is 10.1 Å². The van der Waals surface area contributed by atoms with Crippen LogP contribution in [-0.2, 0) is 0 Å². The van der Waals surface area contributed by atoms with Crippen molar-refractivity contribution in [1.29, 1.82) is 0 Å². The summed E-state index contributed by atoms with van der Waals surface area (Å²) in [7, 11) is 0. The number of fused-ring (bicyclic) bond motifs is 1. The molecule has 5 heteroatoms. The molecule has 0 aliphatic heterocycles. The molecule has 112 valence electrons. The van der Waals surface area contributed by atoms with Gasteiger partial charge in [-0.3, -0.25) is 4.79 Å². The van der Waals surface area contributed by atoms with Crippen LogP contribution in [0.1, 0.15) is 36.4 Å². The number of hydrogen-bond donors (Lipinski definition) is 2. The molecule has 1 fully saturated rings. The van der Waals surface area contributed by atoms with Crippen molar-refractivity contribution in [3.05, 3.63) is 28.9 Å². The van der Waals surface area contributed by atoms with Gasteiger partial charge in [0.1, 0.15) is 10.7 Å². The summed E-state index contributed by atoms with van der Waals surface area (Å²) >= 11 is 1.32. The van der Waals surface area contributed by atoms with Crippen molar-refractivity contribution in [2.45, 2.75) is 32.7 Å². The van der Waals surface area contributed by atoms with E-state index in [1.54, 1.807) is 6.07 Å². The summed E-state index contributed by atoms with van der Waals surface area (Å²) in [5.74, 6) is 0.628. The summed E-state index contributed by atoms with van der Waals surface area (Å²) in [6, 6.07) is 4.65. The van der Waals surface area contributed by atoms with Crippen molar-refractivity contribution in [2.75, 3.05) is 5.73 Å². The number of benzene rings is 1. The van der Waals surface area contributed by atoms with Crippen molar-refractivity contribution in [3.8, 4) is 0 Å². The lowest BCUT2D eigenvalue weighted by molar-refractivity contribution is 0.0932. The highest BCUT2D eigenvalue weighted by Gasteiger charge is 2.31. The van der Waals surface area contributed by atoms with E-state index >= 15 is 0 Å². The minimum atomic E-state index is -0.336. The molecule has 1 aliphatic carbocycles. The van der Waals surface area contributed by atoms with Gasteiger partial charge in [0.2, 0.25) is 0 Å². The SMILES string of the molecule is CC1CCC(NC(=O)c2sc3ccc(F)cc3c2N)C1C. The smallest absolute Gasteiger partial charge is 0.263 e. The van der Waals surface area contributed by atoms with Crippen LogP contribution in [0.4, 0.5) is 10.1 Å². The average Bonchev–Trinajstić information content (AvgIpc) is 2.94. The summed E-state index contributed by atoms with van der Waals surface area (Å²) in [6.07, 6.45) is 2.15. The number of carbonyl (C=O) groups is 1. The average molecular weight is 306 g/mol. The van der Waals surface area contributed by atoms with E-state index in [1.165, 1.54) is 23.5 Å². The molecule has 3 N–H and O–H groups in total. The lowest BCUT2D eigenvalue weighted by atomic mass is 9.98. The van der Waals surface area contributed by atoms with Crippen LogP contribution in [0.2, 0.25) is 0 Å². The van der Waals surface area contributed by atoms with Crippen LogP contribution in [0.5, 0.6) is 0 Å². The fourth-order valence-corrected chi connectivity index (χ4v) is 4.07. The first-order valence-corrected chi connectivity index (χ1v) is 8.07. The van der Waals surface area contributed by atoms with Gasteiger partial charge >= 0.3 is 0 Å². The molecular weight excluding hydrogens is 287 g/mol. The van der Waals surface area contributed by atoms with Crippen molar-refractivity contribution in [3.63, 3.8) is 0 Å². The van der Waals surface area contributed by atoms with Gasteiger partial charge < -0.3 is 11.1 Å². The minimum absolute atomic E-state index is 0.139. The Labute approximate surface area is 127 Å². The summed E-state index contributed by atoms with van der Waals surface area (Å²) in [5.41, 5.74) is 6.41. The zero-order valence-electron chi connectivity index (χ0n) is 12.2. The van der Waals surface area contributed by atoms with E-state index in [0.29, 0.717) is 27.8 Å². The van der Waals surface area contributed by atoms with E-state index in [2.05, 4.69) is 19.2 Å². The molecule has 0 spiro atoms. The Balaban J connectivity index is 1.86. The number of rotatable bonds is 2. The second-order valence-corrected chi connectivity index (χ2v) is 7.03. The second kappa shape index (κ2) is 5.30. The predicted molar refractivity (Wildman–Crippen MR) is 85.0 cm³/mol. The number of nitrogen functional groups attached to an aromatic ring is 1. The third-order valence-electron chi connectivity index (χ3n) is 4.68. The molecule has 0 saturated heterocycles. The molecule has 1 aliphatic rings. The van der Waals surface area contributed by atoms with Gasteiger partial charge in [-0.1, -0.05) is 13.8 Å². The first-order chi connectivity index (χ1) is 9.97. The number of nitrogens with one attached hydrogen (secondary N) is 1. The molecule has 1 aromatic carbocycles. The summed E-state index contributed by atoms with van der Waals surface area (Å²) in [4.78, 5) is 12.9. The van der Waals surface area contributed by atoms with Crippen LogP contribution in [-0.4, -0.2) is 11.9 Å². The molecule has 3 rings (SSSR count). The summed E-state index contributed by atoms with van der Waals surface area (Å²) < 4.78 is 14.1. The van der Waals surface area contributed by atoms with Gasteiger partial charge in [-0.15, -0.1) is 11.3 Å². The molecule has 1 aromatic heterocycles. The number of nitrogens with two attached hydrogens (primary N) is 1. The second-order valence-electron chi connectivity index (χ2n) is 5.98. The highest BCUT2D eigenvalue weighted by Crippen LogP contribution is 2.35. The Kier molecular flexibility index (Phi) is 3.61. The molecule has 1 saturated carbocycles. The Morgan fingerprint density at radius 3 is 2.81 bits per heavy atom. The van der Waals surface area contributed by atoms with Gasteiger partial charge in [0.15, 0.2) is 0 Å². The maximum absolute atomic E-state index is 13.3. The van der Waals surface area contributed by atoms with E-state index < -0.39 is 0 Å². The third-order valence-corrected chi connectivity index (χ3v) is 5.86. The summed E-state index contributed by atoms with van der Waals surface area (Å²) in [6.45, 7) is 4.39. The van der Waals surface area contributed by atoms with Crippen molar-refractivity contribution in [2.24, 2.45) is 11.8 Å². The van der Waals surface area contributed by atoms with Crippen LogP contribution < -0.4 is 11.1 Å². The molecule has 3 atom stereocenters. The van der Waals surface area contributed by atoms with E-state index in [0.717, 1.165) is 17.5 Å². The van der Waals surface area contributed by atoms with E-state index in [4.69, 9.17) is 5.73 Å². The Bertz CT molecular complexity index is 697. The van der Waals surface area contributed by atoms with Gasteiger partial charge in [0, 0.05) is 16.1 Å². The lowest BCUT2D eigenvalue weighted by Crippen LogP contribution is -2.37. The fraction of sp³-hybridized carbons (Fsp3) is 0.438. The zero-order valence-corrected chi connectivity index (χ0v) is 13.0. The predicted octanol–water partition coefficient (Wildman–Crippen LogP) is 3.79. The maximum Gasteiger partial charge on any atom is 0.263 e. The van der Waals surface area contributed by atoms with E-state index in [-0.39, 0.29) is 17.8 Å². The largest absolute Gasteiger partial charge is 0.397 e. The van der Waals surface area contributed by atoms with Gasteiger partial charge in [-0.05, 0) is 42.9 Å². The topological polar surface area (TPSA) is 55.1 Å². The van der Waals surface area contributed by atoms with Gasteiger partial charge in [-0.25, -0.2) is 4.39 Å². The molecule has 1 amide bonds. The van der Waals surface area contributed by atoms with Crippen LogP contribution >= 0.6 is 11.3 Å². The number of thiophene rings is 1. The normalized spacial score (nSPS) is 25.4. The van der Waals surface area contributed by atoms with E-state index in [1.807, 2.05) is 0 Å². The van der Waals surface area contributed by atoms with Gasteiger partial charge in [0.25, 0.3) is 5.91 Å². The first-order valence-electron chi connectivity index (χ1n) is 7.25. The Hall–Kier alpha value is -1.62. The highest BCUT2D eigenvalue weighted by atomic mass is 32.1. The highest BCUT2D eigenvalue weighted by molar-refractivity contribution is 7.21. The number of anilines is 1. The monoisotopic (exact) mass is 306 g/mol. The lowest BCUT2D eigenvalue weighted by Gasteiger charge is -2.19. The Morgan fingerprint density at radius 2 is 2.14 bits per heavy atom. The molecular formula is C16H19FN2OS. The fourth-order valence-electron chi connectivity index (χ4n) is 3.06. The van der Waals surface area contributed by atoms with Gasteiger partial charge in [-0.2, -0.15) is 0 Å². The van der Waals surface area contributed by atoms with Crippen LogP contribution in [0.3, 0.4) is 0 Å². The van der Waals surface area contributed by atoms with Crippen molar-refractivity contribution in [1.82, 2.24) is 5.32 Å². The standard InChI is InChI=1S/C16H19FN2OS/c1-8-3-5-12(9(8)2)19-16(20)15-14(18)11-7-10(17)4-6-13(11)21-15/h4,6-9,12H,3,5,18H2,1-2H3,(H,19,20). The quantitative estimate of drug-likeness (QED) is 0.887. The third kappa shape index (κ3) is 2.50. The van der Waals surface area contributed by atoms with Crippen LogP contribution in [0, 0.1) is 17.7 Å².